The van der Waals surface area contributed by atoms with E-state index in [0.717, 1.165) is 25.2 Å². The molecule has 0 radical (unpaired) electrons. The van der Waals surface area contributed by atoms with E-state index in [-0.39, 0.29) is 12.1 Å². The number of amides is 2. The molecule has 7 heteroatoms. The van der Waals surface area contributed by atoms with Crippen LogP contribution in [-0.4, -0.2) is 44.1 Å². The number of fused-ring (bicyclic) bond motifs is 1. The fourth-order valence-corrected chi connectivity index (χ4v) is 3.03. The summed E-state index contributed by atoms with van der Waals surface area (Å²) >= 11 is 0. The first kappa shape index (κ1) is 13.0. The maximum atomic E-state index is 12.2. The number of aromatic nitrogens is 2. The van der Waals surface area contributed by atoms with Gasteiger partial charge in [-0.1, -0.05) is 6.42 Å². The van der Waals surface area contributed by atoms with Gasteiger partial charge in [-0.25, -0.2) is 9.78 Å². The molecule has 1 aromatic rings. The molecule has 20 heavy (non-hydrogen) atoms. The average molecular weight is 278 g/mol. The molecule has 0 spiro atoms. The predicted molar refractivity (Wildman–Crippen MR) is 69.9 cm³/mol. The Morgan fingerprint density at radius 2 is 2.20 bits per heavy atom. The zero-order valence-electron chi connectivity index (χ0n) is 11.2. The monoisotopic (exact) mass is 278 g/mol. The third-order valence-electron chi connectivity index (χ3n) is 4.17. The Morgan fingerprint density at radius 3 is 3.00 bits per heavy atom. The third-order valence-corrected chi connectivity index (χ3v) is 4.17. The molecule has 0 saturated heterocycles. The molecule has 1 aromatic heterocycles. The molecule has 2 heterocycles. The number of carboxylic acids is 1. The van der Waals surface area contributed by atoms with Gasteiger partial charge in [0.1, 0.15) is 5.82 Å². The number of carboxylic acid groups (broad SMARTS) is 1. The fraction of sp³-hybridized carbons (Fsp3) is 0.615. The number of hydrogen-bond acceptors (Lipinski definition) is 3. The van der Waals surface area contributed by atoms with E-state index in [9.17, 15) is 9.59 Å². The Kier molecular flexibility index (Phi) is 3.33. The van der Waals surface area contributed by atoms with E-state index in [1.807, 2.05) is 10.8 Å². The fourth-order valence-electron chi connectivity index (χ4n) is 3.03. The van der Waals surface area contributed by atoms with Crippen LogP contribution < -0.4 is 5.32 Å². The van der Waals surface area contributed by atoms with Crippen molar-refractivity contribution in [3.63, 3.8) is 0 Å². The van der Waals surface area contributed by atoms with Crippen molar-refractivity contribution >= 4 is 12.0 Å². The molecule has 2 atom stereocenters. The first-order valence-corrected chi connectivity index (χ1v) is 6.93. The van der Waals surface area contributed by atoms with Crippen LogP contribution in [0.5, 0.6) is 0 Å². The Balaban J connectivity index is 1.61. The molecule has 2 unspecified atom stereocenters. The minimum Gasteiger partial charge on any atom is -0.481 e. The van der Waals surface area contributed by atoms with Crippen molar-refractivity contribution in [2.45, 2.75) is 38.4 Å². The van der Waals surface area contributed by atoms with Crippen LogP contribution in [0.1, 0.15) is 25.1 Å². The molecule has 1 saturated carbocycles. The van der Waals surface area contributed by atoms with E-state index < -0.39 is 11.9 Å². The highest BCUT2D eigenvalue weighted by molar-refractivity contribution is 5.77. The van der Waals surface area contributed by atoms with E-state index in [1.54, 1.807) is 11.1 Å². The number of aliphatic carboxylic acids is 1. The van der Waals surface area contributed by atoms with Gasteiger partial charge in [-0.3, -0.25) is 4.79 Å². The summed E-state index contributed by atoms with van der Waals surface area (Å²) in [5.74, 6) is -0.402. The van der Waals surface area contributed by atoms with Gasteiger partial charge in [0.2, 0.25) is 0 Å². The van der Waals surface area contributed by atoms with Crippen molar-refractivity contribution in [2.75, 3.05) is 6.54 Å². The average Bonchev–Trinajstić information content (AvgIpc) is 3.05. The summed E-state index contributed by atoms with van der Waals surface area (Å²) in [6.45, 7) is 1.83. The van der Waals surface area contributed by atoms with Crippen LogP contribution in [0.4, 0.5) is 4.79 Å². The Morgan fingerprint density at radius 1 is 1.35 bits per heavy atom. The number of urea groups is 1. The molecule has 1 aliphatic heterocycles. The normalized spacial score (nSPS) is 25.3. The lowest BCUT2D eigenvalue weighted by molar-refractivity contribution is -0.142. The highest BCUT2D eigenvalue weighted by atomic mass is 16.4. The minimum absolute atomic E-state index is 0.183. The molecule has 1 fully saturated rings. The Labute approximate surface area is 116 Å². The number of hydrogen-bond donors (Lipinski definition) is 2. The lowest BCUT2D eigenvalue weighted by Crippen LogP contribution is -2.49. The van der Waals surface area contributed by atoms with Crippen LogP contribution in [0.3, 0.4) is 0 Å². The maximum absolute atomic E-state index is 12.2. The van der Waals surface area contributed by atoms with Crippen molar-refractivity contribution in [3.8, 4) is 0 Å². The SMILES string of the molecule is O=C(O)C1CCCC1NC(=O)N1CCn2ccnc2C1. The number of nitrogens with zero attached hydrogens (tertiary/aromatic N) is 3. The van der Waals surface area contributed by atoms with Crippen LogP contribution in [-0.2, 0) is 17.9 Å². The van der Waals surface area contributed by atoms with Gasteiger partial charge in [-0.15, -0.1) is 0 Å². The van der Waals surface area contributed by atoms with E-state index in [2.05, 4.69) is 10.3 Å². The zero-order chi connectivity index (χ0) is 14.1. The zero-order valence-corrected chi connectivity index (χ0v) is 11.2. The van der Waals surface area contributed by atoms with Gasteiger partial charge < -0.3 is 19.9 Å². The molecule has 2 amide bonds. The van der Waals surface area contributed by atoms with Crippen molar-refractivity contribution in [2.24, 2.45) is 5.92 Å². The predicted octanol–water partition coefficient (Wildman–Crippen LogP) is 0.662. The number of carbonyl (C=O) groups is 2. The summed E-state index contributed by atoms with van der Waals surface area (Å²) in [5.41, 5.74) is 0. The van der Waals surface area contributed by atoms with Gasteiger partial charge in [-0.05, 0) is 12.8 Å². The lowest BCUT2D eigenvalue weighted by Gasteiger charge is -2.29. The second kappa shape index (κ2) is 5.15. The molecule has 0 bridgehead atoms. The standard InChI is InChI=1S/C13H18N4O3/c18-12(19)9-2-1-3-10(9)15-13(20)17-7-6-16-5-4-14-11(16)8-17/h4-5,9-10H,1-3,6-8H2,(H,15,20)(H,18,19). The quantitative estimate of drug-likeness (QED) is 0.832. The second-order valence-corrected chi connectivity index (χ2v) is 5.39. The van der Waals surface area contributed by atoms with Crippen molar-refractivity contribution < 1.29 is 14.7 Å². The van der Waals surface area contributed by atoms with E-state index in [1.165, 1.54) is 0 Å². The van der Waals surface area contributed by atoms with Crippen LogP contribution in [0.2, 0.25) is 0 Å². The third kappa shape index (κ3) is 2.35. The summed E-state index contributed by atoms with van der Waals surface area (Å²) in [6, 6.07) is -0.431. The molecule has 1 aliphatic carbocycles. The highest BCUT2D eigenvalue weighted by Gasteiger charge is 2.35. The lowest BCUT2D eigenvalue weighted by atomic mass is 10.0. The van der Waals surface area contributed by atoms with E-state index in [0.29, 0.717) is 19.5 Å². The Bertz CT molecular complexity index is 527. The van der Waals surface area contributed by atoms with E-state index >= 15 is 0 Å². The molecule has 2 N–H and O–H groups in total. The van der Waals surface area contributed by atoms with Crippen molar-refractivity contribution in [3.05, 3.63) is 18.2 Å². The summed E-state index contributed by atoms with van der Waals surface area (Å²) in [6.07, 6.45) is 5.87. The second-order valence-electron chi connectivity index (χ2n) is 5.39. The largest absolute Gasteiger partial charge is 0.481 e. The van der Waals surface area contributed by atoms with Gasteiger partial charge in [0.15, 0.2) is 0 Å². The van der Waals surface area contributed by atoms with Gasteiger partial charge >= 0.3 is 12.0 Å². The highest BCUT2D eigenvalue weighted by Crippen LogP contribution is 2.26. The van der Waals surface area contributed by atoms with Gasteiger partial charge in [0, 0.05) is 31.5 Å². The number of nitrogens with one attached hydrogen (secondary N) is 1. The number of carbonyl (C=O) groups excluding carboxylic acids is 1. The topological polar surface area (TPSA) is 87.5 Å². The first-order chi connectivity index (χ1) is 9.65. The van der Waals surface area contributed by atoms with E-state index in [4.69, 9.17) is 5.11 Å². The van der Waals surface area contributed by atoms with Crippen LogP contribution in [0, 0.1) is 5.92 Å². The van der Waals surface area contributed by atoms with Crippen LogP contribution in [0.15, 0.2) is 12.4 Å². The molecule has 7 nitrogen and oxygen atoms in total. The first-order valence-electron chi connectivity index (χ1n) is 6.93. The van der Waals surface area contributed by atoms with Crippen LogP contribution >= 0.6 is 0 Å². The number of imidazole rings is 1. The summed E-state index contributed by atoms with van der Waals surface area (Å²) in [5, 5.41) is 12.0. The number of rotatable bonds is 2. The van der Waals surface area contributed by atoms with Gasteiger partial charge in [-0.2, -0.15) is 0 Å². The molecule has 3 rings (SSSR count). The minimum atomic E-state index is -0.818. The molecule has 0 aromatic carbocycles. The molecular weight excluding hydrogens is 260 g/mol. The smallest absolute Gasteiger partial charge is 0.318 e. The van der Waals surface area contributed by atoms with Crippen LogP contribution in [0.25, 0.3) is 0 Å². The molecular formula is C13H18N4O3. The van der Waals surface area contributed by atoms with Gasteiger partial charge in [0.05, 0.1) is 12.5 Å². The summed E-state index contributed by atoms with van der Waals surface area (Å²) < 4.78 is 2.03. The Hall–Kier alpha value is -2.05. The van der Waals surface area contributed by atoms with Gasteiger partial charge in [0.25, 0.3) is 0 Å². The van der Waals surface area contributed by atoms with Crippen molar-refractivity contribution in [1.29, 1.82) is 0 Å². The summed E-state index contributed by atoms with van der Waals surface area (Å²) in [4.78, 5) is 29.3. The maximum Gasteiger partial charge on any atom is 0.318 e. The van der Waals surface area contributed by atoms with Crippen molar-refractivity contribution in [1.82, 2.24) is 19.8 Å². The summed E-state index contributed by atoms with van der Waals surface area (Å²) in [7, 11) is 0. The molecule has 2 aliphatic rings. The molecule has 108 valence electrons.